The van der Waals surface area contributed by atoms with Crippen molar-refractivity contribution >= 4 is 27.7 Å². The largest absolute Gasteiger partial charge is 0.304 e. The number of nitrogens with zero attached hydrogens (tertiary/aromatic N) is 5. The molecule has 0 aliphatic heterocycles. The van der Waals surface area contributed by atoms with Gasteiger partial charge in [-0.25, -0.2) is 4.68 Å². The Labute approximate surface area is 128 Å². The average molecular weight is 347 g/mol. The Morgan fingerprint density at radius 2 is 2.00 bits per heavy atom. The van der Waals surface area contributed by atoms with Crippen LogP contribution in [0.1, 0.15) is 10.5 Å². The minimum atomic E-state index is -0.350. The van der Waals surface area contributed by atoms with Gasteiger partial charge in [0.2, 0.25) is 0 Å². The third-order valence-electron chi connectivity index (χ3n) is 2.77. The summed E-state index contributed by atoms with van der Waals surface area (Å²) in [4.78, 5) is 12.0. The van der Waals surface area contributed by atoms with E-state index in [1.54, 1.807) is 34.9 Å². The van der Waals surface area contributed by atoms with Crippen LogP contribution in [0.15, 0.2) is 47.2 Å². The van der Waals surface area contributed by atoms with Crippen molar-refractivity contribution in [2.45, 2.75) is 0 Å². The summed E-state index contributed by atoms with van der Waals surface area (Å²) < 4.78 is 4.12. The minimum absolute atomic E-state index is 0.226. The number of halogens is 1. The van der Waals surface area contributed by atoms with Crippen LogP contribution in [0.25, 0.3) is 5.69 Å². The Morgan fingerprint density at radius 1 is 1.24 bits per heavy atom. The number of amides is 1. The average Bonchev–Trinajstić information content (AvgIpc) is 3.09. The summed E-state index contributed by atoms with van der Waals surface area (Å²) in [5.41, 5.74) is 1.05. The third-order valence-corrected chi connectivity index (χ3v) is 3.30. The first-order valence-electron chi connectivity index (χ1n) is 6.11. The molecule has 0 spiro atoms. The lowest BCUT2D eigenvalue weighted by molar-refractivity contribution is 0.102. The van der Waals surface area contributed by atoms with E-state index >= 15 is 0 Å². The van der Waals surface area contributed by atoms with Crippen molar-refractivity contribution in [1.82, 2.24) is 24.8 Å². The summed E-state index contributed by atoms with van der Waals surface area (Å²) in [5.74, 6) is 0.123. The van der Waals surface area contributed by atoms with Gasteiger partial charge in [0.05, 0.1) is 11.9 Å². The van der Waals surface area contributed by atoms with E-state index in [9.17, 15) is 4.79 Å². The zero-order valence-electron chi connectivity index (χ0n) is 11.1. The SMILES string of the molecule is Cn1ccc(NC(=O)c2cn(-c3ccc(Br)cc3)nn2)n1. The fourth-order valence-corrected chi connectivity index (χ4v) is 2.01. The van der Waals surface area contributed by atoms with E-state index in [0.717, 1.165) is 10.2 Å². The third kappa shape index (κ3) is 3.00. The lowest BCUT2D eigenvalue weighted by Crippen LogP contribution is -2.13. The molecule has 0 saturated heterocycles. The molecule has 106 valence electrons. The van der Waals surface area contributed by atoms with Crippen LogP contribution in [0, 0.1) is 0 Å². The fourth-order valence-electron chi connectivity index (χ4n) is 1.75. The van der Waals surface area contributed by atoms with Crippen LogP contribution in [0.3, 0.4) is 0 Å². The maximum absolute atomic E-state index is 12.0. The summed E-state index contributed by atoms with van der Waals surface area (Å²) >= 11 is 3.37. The molecule has 1 amide bonds. The summed E-state index contributed by atoms with van der Waals surface area (Å²) in [7, 11) is 1.78. The highest BCUT2D eigenvalue weighted by molar-refractivity contribution is 9.10. The van der Waals surface area contributed by atoms with Crippen LogP contribution in [0.5, 0.6) is 0 Å². The normalized spacial score (nSPS) is 10.6. The molecule has 0 saturated carbocycles. The van der Waals surface area contributed by atoms with E-state index in [1.807, 2.05) is 24.3 Å². The Balaban J connectivity index is 1.78. The summed E-state index contributed by atoms with van der Waals surface area (Å²) in [6.45, 7) is 0. The number of carbonyl (C=O) groups excluding carboxylic acids is 1. The highest BCUT2D eigenvalue weighted by Gasteiger charge is 2.12. The molecule has 3 aromatic rings. The van der Waals surface area contributed by atoms with E-state index in [4.69, 9.17) is 0 Å². The van der Waals surface area contributed by atoms with Crippen molar-refractivity contribution in [3.05, 3.63) is 52.9 Å². The number of carbonyl (C=O) groups is 1. The van der Waals surface area contributed by atoms with Crippen molar-refractivity contribution < 1.29 is 4.79 Å². The molecule has 8 heteroatoms. The van der Waals surface area contributed by atoms with E-state index in [1.165, 1.54) is 0 Å². The number of aryl methyl sites for hydroxylation is 1. The number of aromatic nitrogens is 5. The standard InChI is InChI=1S/C13H11BrN6O/c1-19-7-6-12(17-19)15-13(21)11-8-20(18-16-11)10-4-2-9(14)3-5-10/h2-8H,1H3,(H,15,17,21). The minimum Gasteiger partial charge on any atom is -0.304 e. The maximum Gasteiger partial charge on any atom is 0.279 e. The molecule has 0 bridgehead atoms. The van der Waals surface area contributed by atoms with Gasteiger partial charge in [0, 0.05) is 23.8 Å². The predicted octanol–water partition coefficient (Wildman–Crippen LogP) is 2.02. The van der Waals surface area contributed by atoms with E-state index in [0.29, 0.717) is 5.82 Å². The highest BCUT2D eigenvalue weighted by Crippen LogP contribution is 2.13. The first kappa shape index (κ1) is 13.5. The Morgan fingerprint density at radius 3 is 2.67 bits per heavy atom. The molecule has 0 aliphatic rings. The van der Waals surface area contributed by atoms with Gasteiger partial charge in [-0.1, -0.05) is 21.1 Å². The van der Waals surface area contributed by atoms with Crippen molar-refractivity contribution in [1.29, 1.82) is 0 Å². The molecule has 0 atom stereocenters. The van der Waals surface area contributed by atoms with E-state index in [2.05, 4.69) is 36.7 Å². The van der Waals surface area contributed by atoms with Crippen molar-refractivity contribution in [2.24, 2.45) is 7.05 Å². The van der Waals surface area contributed by atoms with Gasteiger partial charge in [-0.05, 0) is 24.3 Å². The molecule has 7 nitrogen and oxygen atoms in total. The topological polar surface area (TPSA) is 77.6 Å². The Bertz CT molecular complexity index is 776. The number of nitrogens with one attached hydrogen (secondary N) is 1. The number of rotatable bonds is 3. The van der Waals surface area contributed by atoms with Gasteiger partial charge < -0.3 is 5.32 Å². The second kappa shape index (κ2) is 5.49. The van der Waals surface area contributed by atoms with Gasteiger partial charge in [0.25, 0.3) is 5.91 Å². The molecule has 1 N–H and O–H groups in total. The molecule has 2 aromatic heterocycles. The van der Waals surface area contributed by atoms with Gasteiger partial charge in [0.15, 0.2) is 11.5 Å². The van der Waals surface area contributed by atoms with E-state index in [-0.39, 0.29) is 11.6 Å². The molecule has 1 aromatic carbocycles. The van der Waals surface area contributed by atoms with Gasteiger partial charge in [-0.15, -0.1) is 5.10 Å². The van der Waals surface area contributed by atoms with Gasteiger partial charge >= 0.3 is 0 Å². The maximum atomic E-state index is 12.0. The highest BCUT2D eigenvalue weighted by atomic mass is 79.9. The molecule has 0 unspecified atom stereocenters. The van der Waals surface area contributed by atoms with Crippen molar-refractivity contribution in [3.63, 3.8) is 0 Å². The first-order valence-corrected chi connectivity index (χ1v) is 6.90. The molecular weight excluding hydrogens is 336 g/mol. The van der Waals surface area contributed by atoms with Crippen LogP contribution in [0.4, 0.5) is 5.82 Å². The Hall–Kier alpha value is -2.48. The number of hydrogen-bond donors (Lipinski definition) is 1. The molecule has 2 heterocycles. The summed E-state index contributed by atoms with van der Waals surface area (Å²) in [5, 5.41) is 14.6. The molecular formula is C13H11BrN6O. The molecule has 0 radical (unpaired) electrons. The van der Waals surface area contributed by atoms with Crippen molar-refractivity contribution in [3.8, 4) is 5.69 Å². The second-order valence-electron chi connectivity index (χ2n) is 4.35. The van der Waals surface area contributed by atoms with Crippen LogP contribution in [-0.2, 0) is 7.05 Å². The molecule has 0 fully saturated rings. The smallest absolute Gasteiger partial charge is 0.279 e. The van der Waals surface area contributed by atoms with E-state index < -0.39 is 0 Å². The van der Waals surface area contributed by atoms with Crippen LogP contribution in [0.2, 0.25) is 0 Å². The molecule has 3 rings (SSSR count). The number of anilines is 1. The fraction of sp³-hybridized carbons (Fsp3) is 0.0769. The molecule has 21 heavy (non-hydrogen) atoms. The first-order chi connectivity index (χ1) is 10.1. The van der Waals surface area contributed by atoms with Crippen LogP contribution >= 0.6 is 15.9 Å². The predicted molar refractivity (Wildman–Crippen MR) is 80.2 cm³/mol. The zero-order valence-corrected chi connectivity index (χ0v) is 12.6. The van der Waals surface area contributed by atoms with Crippen LogP contribution < -0.4 is 5.32 Å². The summed E-state index contributed by atoms with van der Waals surface area (Å²) in [6.07, 6.45) is 3.32. The second-order valence-corrected chi connectivity index (χ2v) is 5.27. The van der Waals surface area contributed by atoms with Gasteiger partial charge in [-0.2, -0.15) is 5.10 Å². The lowest BCUT2D eigenvalue weighted by Gasteiger charge is -1.99. The van der Waals surface area contributed by atoms with Crippen molar-refractivity contribution in [2.75, 3.05) is 5.32 Å². The van der Waals surface area contributed by atoms with Gasteiger partial charge in [0.1, 0.15) is 0 Å². The number of hydrogen-bond acceptors (Lipinski definition) is 4. The zero-order chi connectivity index (χ0) is 14.8. The summed E-state index contributed by atoms with van der Waals surface area (Å²) in [6, 6.07) is 9.24. The lowest BCUT2D eigenvalue weighted by atomic mass is 10.3. The van der Waals surface area contributed by atoms with Gasteiger partial charge in [-0.3, -0.25) is 9.48 Å². The number of benzene rings is 1. The Kier molecular flexibility index (Phi) is 3.53. The quantitative estimate of drug-likeness (QED) is 0.786. The molecule has 0 aliphatic carbocycles. The monoisotopic (exact) mass is 346 g/mol. The van der Waals surface area contributed by atoms with Crippen LogP contribution in [-0.4, -0.2) is 30.7 Å².